The molecule has 29 heteroatoms. The minimum Gasteiger partial charge on any atom is -0.390 e. The monoisotopic (exact) mass is 1360 g/mol. The van der Waals surface area contributed by atoms with Crippen LogP contribution in [-0.4, -0.2) is 234 Å². The van der Waals surface area contributed by atoms with Crippen LogP contribution >= 0.6 is 15.6 Å². The molecule has 18 N–H and O–H groups in total. The van der Waals surface area contributed by atoms with Crippen LogP contribution in [0.3, 0.4) is 0 Å². The van der Waals surface area contributed by atoms with Crippen LogP contribution in [0.4, 0.5) is 0 Å². The Morgan fingerprint density at radius 2 is 0.725 bits per heavy atom. The molecule has 23 atom stereocenters. The first-order chi connectivity index (χ1) is 43.3. The number of rotatable bonds is 52. The molecule has 0 radical (unpaired) electrons. The lowest BCUT2D eigenvalue weighted by atomic mass is 9.84. The predicted octanol–water partition coefficient (Wildman–Crippen LogP) is 4.11. The molecular weight excluding hydrogens is 1240 g/mol. The Balaban J connectivity index is 1.61. The van der Waals surface area contributed by atoms with E-state index in [1.165, 1.54) is 141 Å². The number of unbranched alkanes of at least 4 members (excludes halogenated alkanes) is 32. The summed E-state index contributed by atoms with van der Waals surface area (Å²) in [4.78, 5) is 35.1. The Morgan fingerprint density at radius 3 is 1.13 bits per heavy atom. The zero-order valence-electron chi connectivity index (χ0n) is 54.2. The molecule has 540 valence electrons. The van der Waals surface area contributed by atoms with Crippen LogP contribution in [0.2, 0.25) is 0 Å². The lowest BCUT2D eigenvalue weighted by molar-refractivity contribution is -0.337. The van der Waals surface area contributed by atoms with Crippen LogP contribution in [0.25, 0.3) is 0 Å². The highest BCUT2D eigenvalue weighted by Crippen LogP contribution is 2.49. The van der Waals surface area contributed by atoms with Crippen molar-refractivity contribution in [3.05, 3.63) is 0 Å². The van der Waals surface area contributed by atoms with Gasteiger partial charge in [0.15, 0.2) is 6.29 Å². The molecular formula is C62H121NO26P2. The fourth-order valence-electron chi connectivity index (χ4n) is 12.0. The van der Waals surface area contributed by atoms with Crippen molar-refractivity contribution in [2.45, 2.75) is 373 Å². The second-order valence-corrected chi connectivity index (χ2v) is 28.6. The van der Waals surface area contributed by atoms with E-state index in [0.29, 0.717) is 19.3 Å². The van der Waals surface area contributed by atoms with Crippen LogP contribution < -0.4 is 5.32 Å². The summed E-state index contributed by atoms with van der Waals surface area (Å²) in [5.74, 6) is -0.988. The standard InChI is InChI=1S/C62H121NO26P2/c1-3-5-7-9-11-13-15-17-19-20-21-22-23-24-26-28-30-32-34-36-38-43(65)61(79)63-41(45(66)42(64)37-35-33-31-29-27-25-18-16-14-12-10-8-6-4-2)39-84-90(80,81)89-60-56(77)52(73)51(72)55(76)59(60)87-62-57(78)47(68)46(67)44(86-62)40-85-91(82,83)88-58-53(74)49(70)48(69)50(71)54(58)75/h41-60,62,64-78H,3-40H2,1-2H3,(H,63,79)(H,80,81)(H,82,83)/t41-,42?,43?,44+,45-,46+,47-,48?,49-,50+,51+,52+,53+,54+,55-,56+,57-,58?,59+,60+,62?/m0/s1. The van der Waals surface area contributed by atoms with Gasteiger partial charge in [-0.15, -0.1) is 0 Å². The molecule has 27 nitrogen and oxygen atoms in total. The van der Waals surface area contributed by atoms with E-state index in [4.69, 9.17) is 27.6 Å². The lowest BCUT2D eigenvalue weighted by Crippen LogP contribution is -2.67. The highest BCUT2D eigenvalue weighted by Gasteiger charge is 2.56. The van der Waals surface area contributed by atoms with Gasteiger partial charge in [0.2, 0.25) is 5.91 Å². The van der Waals surface area contributed by atoms with E-state index >= 15 is 0 Å². The van der Waals surface area contributed by atoms with Crippen molar-refractivity contribution >= 4 is 21.6 Å². The fraction of sp³-hybridized carbons (Fsp3) is 0.984. The van der Waals surface area contributed by atoms with Gasteiger partial charge in [-0.3, -0.25) is 22.9 Å². The van der Waals surface area contributed by atoms with E-state index in [-0.39, 0.29) is 12.8 Å². The minimum atomic E-state index is -5.69. The van der Waals surface area contributed by atoms with Crippen LogP contribution in [-0.2, 0) is 41.5 Å². The van der Waals surface area contributed by atoms with Gasteiger partial charge in [-0.25, -0.2) is 9.13 Å². The van der Waals surface area contributed by atoms with E-state index in [9.17, 15) is 100 Å². The minimum absolute atomic E-state index is 0.0371. The molecule has 0 spiro atoms. The van der Waals surface area contributed by atoms with Gasteiger partial charge < -0.3 is 101 Å². The second-order valence-electron chi connectivity index (χ2n) is 25.8. The third-order valence-electron chi connectivity index (χ3n) is 18.0. The number of phosphoric ester groups is 2. The maximum atomic E-state index is 13.8. The number of aliphatic hydroxyl groups is 15. The van der Waals surface area contributed by atoms with Crippen molar-refractivity contribution in [2.24, 2.45) is 0 Å². The summed E-state index contributed by atoms with van der Waals surface area (Å²) >= 11 is 0. The average molecular weight is 1360 g/mol. The van der Waals surface area contributed by atoms with Gasteiger partial charge in [0.25, 0.3) is 0 Å². The fourth-order valence-corrected chi connectivity index (χ4v) is 13.9. The van der Waals surface area contributed by atoms with Gasteiger partial charge in [-0.2, -0.15) is 0 Å². The molecule has 0 aromatic heterocycles. The van der Waals surface area contributed by atoms with Crippen molar-refractivity contribution < 1.29 is 128 Å². The Morgan fingerprint density at radius 1 is 0.407 bits per heavy atom. The topological polar surface area (TPSA) is 463 Å². The molecule has 0 aromatic rings. The summed E-state index contributed by atoms with van der Waals surface area (Å²) in [6, 6.07) is -1.69. The lowest BCUT2D eigenvalue weighted by Gasteiger charge is -2.47. The number of hydrogen-bond acceptors (Lipinski definition) is 24. The van der Waals surface area contributed by atoms with Gasteiger partial charge in [0, 0.05) is 0 Å². The van der Waals surface area contributed by atoms with Crippen molar-refractivity contribution in [1.82, 2.24) is 5.32 Å². The van der Waals surface area contributed by atoms with E-state index < -0.39 is 163 Å². The molecule has 3 fully saturated rings. The van der Waals surface area contributed by atoms with Crippen molar-refractivity contribution in [3.8, 4) is 0 Å². The molecule has 2 saturated carbocycles. The smallest absolute Gasteiger partial charge is 0.390 e. The van der Waals surface area contributed by atoms with Gasteiger partial charge >= 0.3 is 15.6 Å². The highest BCUT2D eigenvalue weighted by atomic mass is 31.2. The van der Waals surface area contributed by atoms with Crippen LogP contribution in [0.1, 0.15) is 245 Å². The van der Waals surface area contributed by atoms with Gasteiger partial charge in [0.05, 0.1) is 25.4 Å². The number of carbonyl (C=O) groups is 1. The SMILES string of the molecule is CCCCCCCCCCCCCCCCCCCCCCC(O)C(=O)N[C@@H](COP(=O)(O)O[C@@H]1[C@H](O)[C@H](O)[C@@H](O)[C@H](O)[C@H]1OC1O[C@H](COP(=O)(O)OC2[C@H](O)[C@H](O)C(O)[C@H](O)[C@H]2O)[C@@H](O)[C@H](O)[C@@H]1O)[C@H](O)C(O)CCCCCCCCCCCCCCCC. The third-order valence-corrected chi connectivity index (χ3v) is 20.0. The third kappa shape index (κ3) is 31.2. The van der Waals surface area contributed by atoms with Gasteiger partial charge in [0.1, 0.15) is 110 Å². The van der Waals surface area contributed by atoms with E-state index in [1.54, 1.807) is 0 Å². The molecule has 3 rings (SSSR count). The van der Waals surface area contributed by atoms with Crippen molar-refractivity contribution in [2.75, 3.05) is 13.2 Å². The van der Waals surface area contributed by atoms with Gasteiger partial charge in [-0.05, 0) is 12.8 Å². The first kappa shape index (κ1) is 84.2. The summed E-state index contributed by atoms with van der Waals surface area (Å²) in [5, 5.41) is 163. The largest absolute Gasteiger partial charge is 0.472 e. The Bertz CT molecular complexity index is 1960. The summed E-state index contributed by atoms with van der Waals surface area (Å²) in [5.41, 5.74) is 0. The first-order valence-corrected chi connectivity index (χ1v) is 37.4. The zero-order valence-corrected chi connectivity index (χ0v) is 56.0. The summed E-state index contributed by atoms with van der Waals surface area (Å²) in [6.07, 6.45) is -4.82. The summed E-state index contributed by atoms with van der Waals surface area (Å²) in [6.45, 7) is 2.08. The number of ether oxygens (including phenoxy) is 2. The number of aliphatic hydroxyl groups excluding tert-OH is 15. The number of amides is 1. The molecule has 1 aliphatic heterocycles. The van der Waals surface area contributed by atoms with E-state index in [2.05, 4.69) is 19.2 Å². The number of nitrogens with one attached hydrogen (secondary N) is 1. The van der Waals surface area contributed by atoms with Crippen molar-refractivity contribution in [1.29, 1.82) is 0 Å². The molecule has 91 heavy (non-hydrogen) atoms. The van der Waals surface area contributed by atoms with Crippen molar-refractivity contribution in [3.63, 3.8) is 0 Å². The van der Waals surface area contributed by atoms with Crippen LogP contribution in [0, 0.1) is 0 Å². The van der Waals surface area contributed by atoms with Crippen LogP contribution in [0.5, 0.6) is 0 Å². The predicted molar refractivity (Wildman–Crippen MR) is 334 cm³/mol. The molecule has 0 bridgehead atoms. The molecule has 1 saturated heterocycles. The van der Waals surface area contributed by atoms with E-state index in [0.717, 1.165) is 57.8 Å². The van der Waals surface area contributed by atoms with Crippen LogP contribution in [0.15, 0.2) is 0 Å². The Hall–Kier alpha value is -0.990. The number of phosphoric acid groups is 2. The summed E-state index contributed by atoms with van der Waals surface area (Å²) in [7, 11) is -11.2. The average Bonchev–Trinajstić information content (AvgIpc) is 0.804. The summed E-state index contributed by atoms with van der Waals surface area (Å²) < 4.78 is 57.8. The maximum absolute atomic E-state index is 13.8. The van der Waals surface area contributed by atoms with E-state index in [1.807, 2.05) is 0 Å². The second kappa shape index (κ2) is 46.3. The quantitative estimate of drug-likeness (QED) is 0.0301. The molecule has 7 unspecified atom stereocenters. The van der Waals surface area contributed by atoms with Gasteiger partial charge in [-0.1, -0.05) is 232 Å². The zero-order chi connectivity index (χ0) is 67.5. The first-order valence-electron chi connectivity index (χ1n) is 34.4. The number of hydrogen-bond donors (Lipinski definition) is 18. The molecule has 1 amide bonds. The Labute approximate surface area is 539 Å². The maximum Gasteiger partial charge on any atom is 0.472 e. The molecule has 2 aliphatic carbocycles. The molecule has 3 aliphatic rings. The molecule has 0 aromatic carbocycles. The highest BCUT2D eigenvalue weighted by molar-refractivity contribution is 7.47. The molecule has 1 heterocycles. The Kier molecular flexibility index (Phi) is 42.9. The number of carbonyl (C=O) groups excluding carboxylic acids is 1. The normalized spacial score (nSPS) is 31.6.